The number of amides is 1. The highest BCUT2D eigenvalue weighted by Crippen LogP contribution is 2.17. The fraction of sp³-hybridized carbons (Fsp3) is 0.750. The maximum atomic E-state index is 12.5. The molecule has 5 nitrogen and oxygen atoms in total. The van der Waals surface area contributed by atoms with Crippen molar-refractivity contribution in [2.45, 2.75) is 38.8 Å². The molecule has 2 fully saturated rings. The molecule has 0 N–H and O–H groups in total. The van der Waals surface area contributed by atoms with Crippen molar-refractivity contribution in [2.24, 2.45) is 0 Å². The van der Waals surface area contributed by atoms with Gasteiger partial charge in [-0.1, -0.05) is 0 Å². The van der Waals surface area contributed by atoms with Crippen molar-refractivity contribution < 1.29 is 4.79 Å². The lowest BCUT2D eigenvalue weighted by Crippen LogP contribution is -2.51. The van der Waals surface area contributed by atoms with Crippen LogP contribution >= 0.6 is 11.3 Å². The first-order chi connectivity index (χ1) is 10.7. The Labute approximate surface area is 136 Å². The summed E-state index contributed by atoms with van der Waals surface area (Å²) >= 11 is 1.65. The van der Waals surface area contributed by atoms with Crippen LogP contribution in [-0.4, -0.2) is 70.9 Å². The first-order valence-electron chi connectivity index (χ1n) is 8.33. The van der Waals surface area contributed by atoms with Gasteiger partial charge in [-0.05, 0) is 26.2 Å². The van der Waals surface area contributed by atoms with Gasteiger partial charge < -0.3 is 4.90 Å². The molecule has 2 saturated heterocycles. The lowest BCUT2D eigenvalue weighted by Gasteiger charge is -2.37. The van der Waals surface area contributed by atoms with E-state index in [1.807, 2.05) is 5.51 Å². The number of aromatic nitrogens is 1. The van der Waals surface area contributed by atoms with Crippen LogP contribution in [0.5, 0.6) is 0 Å². The van der Waals surface area contributed by atoms with Crippen molar-refractivity contribution in [1.29, 1.82) is 0 Å². The first kappa shape index (κ1) is 15.9. The molecule has 0 radical (unpaired) electrons. The summed E-state index contributed by atoms with van der Waals surface area (Å²) in [7, 11) is 0. The molecule has 0 aliphatic carbocycles. The number of thiazole rings is 1. The van der Waals surface area contributed by atoms with E-state index in [0.29, 0.717) is 18.5 Å². The van der Waals surface area contributed by atoms with Crippen LogP contribution < -0.4 is 0 Å². The molecule has 1 aromatic heterocycles. The van der Waals surface area contributed by atoms with Gasteiger partial charge in [0.05, 0.1) is 17.7 Å². The fourth-order valence-corrected chi connectivity index (χ4v) is 3.95. The molecule has 2 aliphatic rings. The Morgan fingerprint density at radius 2 is 2.00 bits per heavy atom. The second-order valence-corrected chi connectivity index (χ2v) is 7.18. The SMILES string of the molecule is CC1CCCCN1C(=O)CN1CCN(Cc2cscn2)CC1. The molecule has 1 atom stereocenters. The van der Waals surface area contributed by atoms with E-state index in [2.05, 4.69) is 32.0 Å². The van der Waals surface area contributed by atoms with Crippen LogP contribution in [0.3, 0.4) is 0 Å². The van der Waals surface area contributed by atoms with E-state index in [9.17, 15) is 4.79 Å². The Bertz CT molecular complexity index is 471. The predicted octanol–water partition coefficient (Wildman–Crippen LogP) is 1.66. The van der Waals surface area contributed by atoms with Gasteiger partial charge in [0.1, 0.15) is 0 Å². The normalized spacial score (nSPS) is 24.6. The average Bonchev–Trinajstić information content (AvgIpc) is 3.02. The second-order valence-electron chi connectivity index (χ2n) is 6.46. The van der Waals surface area contributed by atoms with Gasteiger partial charge in [0.25, 0.3) is 0 Å². The van der Waals surface area contributed by atoms with Gasteiger partial charge in [-0.3, -0.25) is 14.6 Å². The third-order valence-corrected chi connectivity index (χ3v) is 5.45. The van der Waals surface area contributed by atoms with Crippen LogP contribution in [-0.2, 0) is 11.3 Å². The summed E-state index contributed by atoms with van der Waals surface area (Å²) in [6.07, 6.45) is 3.59. The zero-order valence-electron chi connectivity index (χ0n) is 13.4. The summed E-state index contributed by atoms with van der Waals surface area (Å²) in [4.78, 5) is 23.7. The minimum Gasteiger partial charge on any atom is -0.339 e. The molecule has 3 rings (SSSR count). The standard InChI is InChI=1S/C16H26N4OS/c1-14-4-2-3-5-20(14)16(21)11-19-8-6-18(7-9-19)10-15-12-22-13-17-15/h12-14H,2-11H2,1H3. The van der Waals surface area contributed by atoms with Crippen molar-refractivity contribution in [3.05, 3.63) is 16.6 Å². The average molecular weight is 322 g/mol. The van der Waals surface area contributed by atoms with Gasteiger partial charge in [0.15, 0.2) is 0 Å². The number of likely N-dealkylation sites (tertiary alicyclic amines) is 1. The fourth-order valence-electron chi connectivity index (χ4n) is 3.40. The second kappa shape index (κ2) is 7.53. The molecule has 0 spiro atoms. The number of nitrogens with zero attached hydrogens (tertiary/aromatic N) is 4. The highest BCUT2D eigenvalue weighted by molar-refractivity contribution is 7.07. The molecule has 0 bridgehead atoms. The van der Waals surface area contributed by atoms with Gasteiger partial charge in [-0.25, -0.2) is 4.98 Å². The van der Waals surface area contributed by atoms with Gasteiger partial charge in [0, 0.05) is 50.7 Å². The predicted molar refractivity (Wildman–Crippen MR) is 88.9 cm³/mol. The highest BCUT2D eigenvalue weighted by atomic mass is 32.1. The van der Waals surface area contributed by atoms with Crippen LogP contribution in [0.1, 0.15) is 31.9 Å². The van der Waals surface area contributed by atoms with E-state index in [-0.39, 0.29) is 0 Å². The minimum atomic E-state index is 0.320. The van der Waals surface area contributed by atoms with Crippen LogP contribution in [0.2, 0.25) is 0 Å². The zero-order chi connectivity index (χ0) is 15.4. The van der Waals surface area contributed by atoms with Gasteiger partial charge in [-0.15, -0.1) is 11.3 Å². The molecule has 0 aromatic carbocycles. The molecule has 6 heteroatoms. The summed E-state index contributed by atoms with van der Waals surface area (Å²) < 4.78 is 0. The number of piperidine rings is 1. The zero-order valence-corrected chi connectivity index (χ0v) is 14.2. The van der Waals surface area contributed by atoms with Gasteiger partial charge in [-0.2, -0.15) is 0 Å². The topological polar surface area (TPSA) is 39.7 Å². The molecule has 3 heterocycles. The van der Waals surface area contributed by atoms with Crippen LogP contribution in [0.25, 0.3) is 0 Å². The Balaban J connectivity index is 1.42. The van der Waals surface area contributed by atoms with E-state index in [0.717, 1.165) is 57.8 Å². The van der Waals surface area contributed by atoms with E-state index in [4.69, 9.17) is 0 Å². The molecule has 22 heavy (non-hydrogen) atoms. The van der Waals surface area contributed by atoms with E-state index in [1.54, 1.807) is 11.3 Å². The number of hydrogen-bond donors (Lipinski definition) is 0. The summed E-state index contributed by atoms with van der Waals surface area (Å²) in [6.45, 7) is 8.69. The molecule has 1 amide bonds. The molecule has 1 unspecified atom stereocenters. The quantitative estimate of drug-likeness (QED) is 0.845. The van der Waals surface area contributed by atoms with Crippen molar-refractivity contribution in [2.75, 3.05) is 39.3 Å². The van der Waals surface area contributed by atoms with E-state index in [1.165, 1.54) is 6.42 Å². The summed E-state index contributed by atoms with van der Waals surface area (Å²) in [6, 6.07) is 0.423. The van der Waals surface area contributed by atoms with Crippen LogP contribution in [0.15, 0.2) is 10.9 Å². The van der Waals surface area contributed by atoms with Crippen molar-refractivity contribution >= 4 is 17.2 Å². The smallest absolute Gasteiger partial charge is 0.236 e. The molecule has 0 saturated carbocycles. The third-order valence-electron chi connectivity index (χ3n) is 4.82. The Morgan fingerprint density at radius 3 is 2.68 bits per heavy atom. The largest absolute Gasteiger partial charge is 0.339 e. The lowest BCUT2D eigenvalue weighted by atomic mass is 10.0. The summed E-state index contributed by atoms with van der Waals surface area (Å²) in [5.41, 5.74) is 3.06. The molecule has 1 aromatic rings. The highest BCUT2D eigenvalue weighted by Gasteiger charge is 2.26. The van der Waals surface area contributed by atoms with Crippen LogP contribution in [0.4, 0.5) is 0 Å². The maximum Gasteiger partial charge on any atom is 0.236 e. The number of rotatable bonds is 4. The van der Waals surface area contributed by atoms with Crippen molar-refractivity contribution in [3.63, 3.8) is 0 Å². The number of hydrogen-bond acceptors (Lipinski definition) is 5. The maximum absolute atomic E-state index is 12.5. The summed E-state index contributed by atoms with van der Waals surface area (Å²) in [5, 5.41) is 2.12. The lowest BCUT2D eigenvalue weighted by molar-refractivity contribution is -0.136. The molecule has 122 valence electrons. The summed E-state index contributed by atoms with van der Waals surface area (Å²) in [5.74, 6) is 0.320. The first-order valence-corrected chi connectivity index (χ1v) is 9.28. The number of carbonyl (C=O) groups is 1. The Hall–Kier alpha value is -0.980. The van der Waals surface area contributed by atoms with Crippen molar-refractivity contribution in [1.82, 2.24) is 19.7 Å². The number of piperazine rings is 1. The monoisotopic (exact) mass is 322 g/mol. The van der Waals surface area contributed by atoms with Crippen molar-refractivity contribution in [3.8, 4) is 0 Å². The minimum absolute atomic E-state index is 0.320. The van der Waals surface area contributed by atoms with E-state index >= 15 is 0 Å². The molecular weight excluding hydrogens is 296 g/mol. The molecule has 2 aliphatic heterocycles. The third kappa shape index (κ3) is 4.06. The number of carbonyl (C=O) groups excluding carboxylic acids is 1. The Kier molecular flexibility index (Phi) is 5.44. The van der Waals surface area contributed by atoms with Crippen LogP contribution in [0, 0.1) is 0 Å². The molecular formula is C16H26N4OS. The van der Waals surface area contributed by atoms with E-state index < -0.39 is 0 Å². The van der Waals surface area contributed by atoms with Gasteiger partial charge in [0.2, 0.25) is 5.91 Å². The van der Waals surface area contributed by atoms with Gasteiger partial charge >= 0.3 is 0 Å². The Morgan fingerprint density at radius 1 is 1.23 bits per heavy atom.